The van der Waals surface area contributed by atoms with E-state index in [2.05, 4.69) is 4.98 Å². The summed E-state index contributed by atoms with van der Waals surface area (Å²) in [5, 5.41) is 10.4. The zero-order valence-corrected chi connectivity index (χ0v) is 10.6. The molecule has 2 rings (SSSR count). The number of hydrogen-bond acceptors (Lipinski definition) is 3. The average Bonchev–Trinajstić information content (AvgIpc) is 2.23. The second-order valence-corrected chi connectivity index (χ2v) is 5.15. The summed E-state index contributed by atoms with van der Waals surface area (Å²) in [6.45, 7) is 4.61. The van der Waals surface area contributed by atoms with Crippen LogP contribution in [0.3, 0.4) is 0 Å². The molecule has 1 saturated heterocycles. The highest BCUT2D eigenvalue weighted by Crippen LogP contribution is 2.29. The summed E-state index contributed by atoms with van der Waals surface area (Å²) < 4.78 is 0. The van der Waals surface area contributed by atoms with Gasteiger partial charge in [-0.25, -0.2) is 4.98 Å². The Balaban J connectivity index is 2.05. The lowest BCUT2D eigenvalue weighted by atomic mass is 9.83. The van der Waals surface area contributed by atoms with Gasteiger partial charge in [-0.2, -0.15) is 0 Å². The van der Waals surface area contributed by atoms with Gasteiger partial charge >= 0.3 is 0 Å². The molecule has 0 unspecified atom stereocenters. The number of rotatable bonds is 2. The molecule has 4 nitrogen and oxygen atoms in total. The molecule has 0 saturated carbocycles. The molecule has 0 aromatic carbocycles. The first-order valence-corrected chi connectivity index (χ1v) is 5.94. The summed E-state index contributed by atoms with van der Waals surface area (Å²) in [5.41, 5.74) is -0.433. The molecule has 0 atom stereocenters. The van der Waals surface area contributed by atoms with Crippen LogP contribution >= 0.6 is 11.6 Å². The maximum absolute atomic E-state index is 12.0. The van der Waals surface area contributed by atoms with Crippen molar-refractivity contribution in [3.8, 4) is 0 Å². The molecule has 1 fully saturated rings. The van der Waals surface area contributed by atoms with Crippen LogP contribution in [-0.2, 0) is 0 Å². The fourth-order valence-corrected chi connectivity index (χ4v) is 1.98. The van der Waals surface area contributed by atoms with E-state index in [1.165, 1.54) is 0 Å². The van der Waals surface area contributed by atoms with Gasteiger partial charge in [0.15, 0.2) is 0 Å². The SMILES string of the molecule is CC(C)C1(O)CN(C(=O)c2cccc(Cl)n2)C1. The molecule has 0 aliphatic carbocycles. The molecule has 1 aromatic heterocycles. The predicted octanol–water partition coefficient (Wildman–Crippen LogP) is 1.58. The molecule has 1 aliphatic rings. The number of likely N-dealkylation sites (tertiary alicyclic amines) is 1. The third-order valence-electron chi connectivity index (χ3n) is 3.23. The Hall–Kier alpha value is -1.13. The van der Waals surface area contributed by atoms with Crippen molar-refractivity contribution in [1.82, 2.24) is 9.88 Å². The van der Waals surface area contributed by atoms with Crippen LogP contribution in [-0.4, -0.2) is 39.6 Å². The van der Waals surface area contributed by atoms with Crippen molar-refractivity contribution in [3.63, 3.8) is 0 Å². The molecule has 0 radical (unpaired) electrons. The number of carbonyl (C=O) groups is 1. The van der Waals surface area contributed by atoms with Gasteiger partial charge in [-0.1, -0.05) is 31.5 Å². The zero-order chi connectivity index (χ0) is 12.6. The number of nitrogens with zero attached hydrogens (tertiary/aromatic N) is 2. The molecular formula is C12H15ClN2O2. The van der Waals surface area contributed by atoms with Crippen molar-refractivity contribution in [1.29, 1.82) is 0 Å². The Bertz CT molecular complexity index is 442. The summed E-state index contributed by atoms with van der Waals surface area (Å²) >= 11 is 5.73. The fourth-order valence-electron chi connectivity index (χ4n) is 1.81. The number of aliphatic hydroxyl groups is 1. The van der Waals surface area contributed by atoms with Crippen molar-refractivity contribution in [2.75, 3.05) is 13.1 Å². The molecule has 2 heterocycles. The maximum atomic E-state index is 12.0. The number of β-amino-alcohol motifs (C(OH)–C–C–N with tert-alkyl or cyclic N) is 1. The molecule has 1 amide bonds. The largest absolute Gasteiger partial charge is 0.386 e. The second-order valence-electron chi connectivity index (χ2n) is 4.77. The normalized spacial score (nSPS) is 18.1. The minimum Gasteiger partial charge on any atom is -0.386 e. The summed E-state index contributed by atoms with van der Waals surface area (Å²) in [4.78, 5) is 17.5. The molecule has 92 valence electrons. The van der Waals surface area contributed by atoms with Crippen LogP contribution in [0.5, 0.6) is 0 Å². The Labute approximate surface area is 105 Å². The van der Waals surface area contributed by atoms with E-state index in [1.807, 2.05) is 13.8 Å². The number of amides is 1. The predicted molar refractivity (Wildman–Crippen MR) is 64.9 cm³/mol. The van der Waals surface area contributed by atoms with Crippen LogP contribution in [0.1, 0.15) is 24.3 Å². The van der Waals surface area contributed by atoms with Crippen LogP contribution in [0.15, 0.2) is 18.2 Å². The van der Waals surface area contributed by atoms with E-state index in [0.29, 0.717) is 23.9 Å². The van der Waals surface area contributed by atoms with Crippen molar-refractivity contribution >= 4 is 17.5 Å². The molecule has 1 aromatic rings. The van der Waals surface area contributed by atoms with E-state index in [0.717, 1.165) is 0 Å². The molecule has 1 N–H and O–H groups in total. The van der Waals surface area contributed by atoms with Crippen molar-refractivity contribution in [3.05, 3.63) is 29.0 Å². The number of carbonyl (C=O) groups excluding carboxylic acids is 1. The average molecular weight is 255 g/mol. The molecule has 0 bridgehead atoms. The smallest absolute Gasteiger partial charge is 0.272 e. The van der Waals surface area contributed by atoms with Gasteiger partial charge in [0.2, 0.25) is 0 Å². The fraction of sp³-hybridized carbons (Fsp3) is 0.500. The van der Waals surface area contributed by atoms with Gasteiger partial charge in [0.05, 0.1) is 13.1 Å². The van der Waals surface area contributed by atoms with Gasteiger partial charge in [0.1, 0.15) is 16.4 Å². The lowest BCUT2D eigenvalue weighted by Crippen LogP contribution is -2.66. The number of hydrogen-bond donors (Lipinski definition) is 1. The second kappa shape index (κ2) is 4.27. The van der Waals surface area contributed by atoms with E-state index in [9.17, 15) is 9.90 Å². The maximum Gasteiger partial charge on any atom is 0.272 e. The minimum absolute atomic E-state index is 0.138. The molecule has 0 spiro atoms. The van der Waals surface area contributed by atoms with Crippen LogP contribution in [0.4, 0.5) is 0 Å². The first-order chi connectivity index (χ1) is 7.92. The number of aromatic nitrogens is 1. The summed E-state index contributed by atoms with van der Waals surface area (Å²) in [6, 6.07) is 4.94. The highest BCUT2D eigenvalue weighted by molar-refractivity contribution is 6.29. The Morgan fingerprint density at radius 1 is 1.53 bits per heavy atom. The summed E-state index contributed by atoms with van der Waals surface area (Å²) in [7, 11) is 0. The number of pyridine rings is 1. The third kappa shape index (κ3) is 2.28. The minimum atomic E-state index is -0.756. The van der Waals surface area contributed by atoms with Crippen LogP contribution < -0.4 is 0 Å². The van der Waals surface area contributed by atoms with E-state index < -0.39 is 5.60 Å². The quantitative estimate of drug-likeness (QED) is 0.816. The van der Waals surface area contributed by atoms with Gasteiger partial charge in [0, 0.05) is 0 Å². The van der Waals surface area contributed by atoms with Crippen LogP contribution in [0.2, 0.25) is 5.15 Å². The van der Waals surface area contributed by atoms with Gasteiger partial charge in [-0.3, -0.25) is 4.79 Å². The molecule has 1 aliphatic heterocycles. The van der Waals surface area contributed by atoms with Crippen molar-refractivity contribution < 1.29 is 9.90 Å². The Morgan fingerprint density at radius 2 is 2.18 bits per heavy atom. The first kappa shape index (κ1) is 12.3. The topological polar surface area (TPSA) is 53.4 Å². The van der Waals surface area contributed by atoms with E-state index >= 15 is 0 Å². The van der Waals surface area contributed by atoms with E-state index in [1.54, 1.807) is 23.1 Å². The van der Waals surface area contributed by atoms with Gasteiger partial charge < -0.3 is 10.0 Å². The number of halogens is 1. The highest BCUT2D eigenvalue weighted by atomic mass is 35.5. The monoisotopic (exact) mass is 254 g/mol. The molecular weight excluding hydrogens is 240 g/mol. The molecule has 17 heavy (non-hydrogen) atoms. The third-order valence-corrected chi connectivity index (χ3v) is 3.44. The lowest BCUT2D eigenvalue weighted by molar-refractivity contribution is -0.111. The van der Waals surface area contributed by atoms with Crippen molar-refractivity contribution in [2.45, 2.75) is 19.4 Å². The lowest BCUT2D eigenvalue weighted by Gasteiger charge is -2.48. The van der Waals surface area contributed by atoms with Gasteiger partial charge in [-0.15, -0.1) is 0 Å². The summed E-state index contributed by atoms with van der Waals surface area (Å²) in [6.07, 6.45) is 0. The standard InChI is InChI=1S/C12H15ClN2O2/c1-8(2)12(17)6-15(7-12)11(16)9-4-3-5-10(13)14-9/h3-5,8,17H,6-7H2,1-2H3. The Kier molecular flexibility index (Phi) is 3.10. The van der Waals surface area contributed by atoms with E-state index in [-0.39, 0.29) is 11.8 Å². The van der Waals surface area contributed by atoms with Gasteiger partial charge in [0.25, 0.3) is 5.91 Å². The van der Waals surface area contributed by atoms with Crippen LogP contribution in [0.25, 0.3) is 0 Å². The zero-order valence-electron chi connectivity index (χ0n) is 9.85. The summed E-state index contributed by atoms with van der Waals surface area (Å²) in [5.74, 6) is -0.0447. The van der Waals surface area contributed by atoms with Crippen molar-refractivity contribution in [2.24, 2.45) is 5.92 Å². The van der Waals surface area contributed by atoms with Gasteiger partial charge in [-0.05, 0) is 18.1 Å². The molecule has 5 heteroatoms. The highest BCUT2D eigenvalue weighted by Gasteiger charge is 2.46. The first-order valence-electron chi connectivity index (χ1n) is 5.56. The Morgan fingerprint density at radius 3 is 2.71 bits per heavy atom. The van der Waals surface area contributed by atoms with E-state index in [4.69, 9.17) is 11.6 Å². The van der Waals surface area contributed by atoms with Crippen LogP contribution in [0, 0.1) is 5.92 Å².